The zero-order valence-corrected chi connectivity index (χ0v) is 13.7. The van der Waals surface area contributed by atoms with Gasteiger partial charge in [-0.1, -0.05) is 80.3 Å². The molecule has 3 aromatic carbocycles. The normalized spacial score (nSPS) is 16.7. The van der Waals surface area contributed by atoms with E-state index in [1.165, 1.54) is 65.6 Å². The molecule has 1 N–H and O–H groups in total. The third kappa shape index (κ3) is 3.11. The molecule has 0 atom stereocenters. The third-order valence-electron chi connectivity index (χ3n) is 5.31. The van der Waals surface area contributed by atoms with Gasteiger partial charge in [-0.15, -0.1) is 0 Å². The Bertz CT molecular complexity index is 797. The number of hydrogen-bond donors (Lipinski definition) is 1. The Morgan fingerprint density at radius 1 is 0.696 bits per heavy atom. The fourth-order valence-electron chi connectivity index (χ4n) is 4.00. The molecule has 4 rings (SSSR count). The van der Waals surface area contributed by atoms with Crippen molar-refractivity contribution in [2.75, 3.05) is 0 Å². The van der Waals surface area contributed by atoms with Gasteiger partial charge in [-0.25, -0.2) is 0 Å². The summed E-state index contributed by atoms with van der Waals surface area (Å²) in [6.45, 7) is 0.986. The Labute approximate surface area is 138 Å². The average Bonchev–Trinajstić information content (AvgIpc) is 2.88. The van der Waals surface area contributed by atoms with Crippen LogP contribution in [-0.4, -0.2) is 6.04 Å². The van der Waals surface area contributed by atoms with Crippen molar-refractivity contribution < 1.29 is 0 Å². The monoisotopic (exact) mass is 303 g/mol. The molecular formula is C22H25N. The second kappa shape index (κ2) is 6.72. The average molecular weight is 303 g/mol. The lowest BCUT2D eigenvalue weighted by atomic mass is 9.98. The smallest absolute Gasteiger partial charge is 0.0214 e. The molecule has 1 fully saturated rings. The first-order valence-corrected chi connectivity index (χ1v) is 9.04. The largest absolute Gasteiger partial charge is 0.310 e. The molecule has 0 saturated heterocycles. The zero-order chi connectivity index (χ0) is 15.5. The molecule has 118 valence electrons. The summed E-state index contributed by atoms with van der Waals surface area (Å²) in [5.74, 6) is 0. The summed E-state index contributed by atoms with van der Waals surface area (Å²) < 4.78 is 0. The summed E-state index contributed by atoms with van der Waals surface area (Å²) in [6, 6.07) is 20.7. The van der Waals surface area contributed by atoms with Crippen molar-refractivity contribution in [3.8, 4) is 0 Å². The van der Waals surface area contributed by atoms with E-state index in [2.05, 4.69) is 59.9 Å². The van der Waals surface area contributed by atoms with Gasteiger partial charge >= 0.3 is 0 Å². The Morgan fingerprint density at radius 2 is 1.48 bits per heavy atom. The van der Waals surface area contributed by atoms with E-state index in [-0.39, 0.29) is 0 Å². The number of fused-ring (bicyclic) bond motifs is 3. The van der Waals surface area contributed by atoms with Crippen molar-refractivity contribution in [2.45, 2.75) is 51.1 Å². The topological polar surface area (TPSA) is 12.0 Å². The van der Waals surface area contributed by atoms with Crippen LogP contribution in [0.4, 0.5) is 0 Å². The van der Waals surface area contributed by atoms with Crippen molar-refractivity contribution in [1.29, 1.82) is 0 Å². The highest BCUT2D eigenvalue weighted by Gasteiger charge is 2.12. The molecule has 1 aliphatic rings. The molecule has 0 aromatic heterocycles. The molecule has 23 heavy (non-hydrogen) atoms. The van der Waals surface area contributed by atoms with E-state index in [4.69, 9.17) is 0 Å². The summed E-state index contributed by atoms with van der Waals surface area (Å²) >= 11 is 0. The molecule has 0 aliphatic heterocycles. The van der Waals surface area contributed by atoms with E-state index in [1.54, 1.807) is 0 Å². The third-order valence-corrected chi connectivity index (χ3v) is 5.31. The van der Waals surface area contributed by atoms with Gasteiger partial charge in [-0.3, -0.25) is 0 Å². The summed E-state index contributed by atoms with van der Waals surface area (Å²) in [5, 5.41) is 9.28. The van der Waals surface area contributed by atoms with Gasteiger partial charge in [-0.05, 0) is 39.9 Å². The van der Waals surface area contributed by atoms with Gasteiger partial charge in [0.25, 0.3) is 0 Å². The minimum Gasteiger partial charge on any atom is -0.310 e. The van der Waals surface area contributed by atoms with Gasteiger partial charge in [0.05, 0.1) is 0 Å². The standard InChI is InChI=1S/C22H25N/c1-2-4-11-19(10-3-1)23-16-18-9-7-13-22-20-12-6-5-8-17(20)14-15-21(18)22/h5-9,12-15,19,23H,1-4,10-11,16H2. The molecule has 0 spiro atoms. The zero-order valence-electron chi connectivity index (χ0n) is 13.7. The quantitative estimate of drug-likeness (QED) is 0.476. The van der Waals surface area contributed by atoms with Crippen molar-refractivity contribution in [3.05, 3.63) is 60.2 Å². The molecule has 1 heteroatoms. The van der Waals surface area contributed by atoms with Crippen molar-refractivity contribution in [2.24, 2.45) is 0 Å². The molecular weight excluding hydrogens is 278 g/mol. The number of rotatable bonds is 3. The number of hydrogen-bond acceptors (Lipinski definition) is 1. The maximum absolute atomic E-state index is 3.82. The molecule has 0 heterocycles. The minimum atomic E-state index is 0.702. The van der Waals surface area contributed by atoms with E-state index in [9.17, 15) is 0 Å². The van der Waals surface area contributed by atoms with Crippen LogP contribution in [0.25, 0.3) is 21.5 Å². The van der Waals surface area contributed by atoms with Crippen LogP contribution in [0.3, 0.4) is 0 Å². The highest BCUT2D eigenvalue weighted by Crippen LogP contribution is 2.28. The predicted octanol–water partition coefficient (Wildman–Crippen LogP) is 5.81. The van der Waals surface area contributed by atoms with Gasteiger partial charge < -0.3 is 5.32 Å². The highest BCUT2D eigenvalue weighted by molar-refractivity contribution is 6.08. The van der Waals surface area contributed by atoms with Gasteiger partial charge in [0.15, 0.2) is 0 Å². The van der Waals surface area contributed by atoms with Gasteiger partial charge in [0.1, 0.15) is 0 Å². The first-order valence-electron chi connectivity index (χ1n) is 9.04. The molecule has 3 aromatic rings. The second-order valence-corrected chi connectivity index (χ2v) is 6.87. The second-order valence-electron chi connectivity index (χ2n) is 6.87. The van der Waals surface area contributed by atoms with E-state index in [0.29, 0.717) is 6.04 Å². The van der Waals surface area contributed by atoms with E-state index in [0.717, 1.165) is 6.54 Å². The molecule has 0 bridgehead atoms. The summed E-state index contributed by atoms with van der Waals surface area (Å²) in [7, 11) is 0. The van der Waals surface area contributed by atoms with Crippen LogP contribution >= 0.6 is 0 Å². The Kier molecular flexibility index (Phi) is 4.30. The Morgan fingerprint density at radius 3 is 2.35 bits per heavy atom. The van der Waals surface area contributed by atoms with Crippen LogP contribution in [0.15, 0.2) is 54.6 Å². The lowest BCUT2D eigenvalue weighted by Crippen LogP contribution is -2.27. The Hall–Kier alpha value is -1.86. The fourth-order valence-corrected chi connectivity index (χ4v) is 4.00. The first-order chi connectivity index (χ1) is 11.4. The van der Waals surface area contributed by atoms with Crippen molar-refractivity contribution in [1.82, 2.24) is 5.32 Å². The number of benzene rings is 3. The molecule has 0 unspecified atom stereocenters. The van der Waals surface area contributed by atoms with E-state index < -0.39 is 0 Å². The van der Waals surface area contributed by atoms with Crippen molar-refractivity contribution >= 4 is 21.5 Å². The van der Waals surface area contributed by atoms with Gasteiger partial charge in [0, 0.05) is 12.6 Å². The molecule has 1 aliphatic carbocycles. The first kappa shape index (κ1) is 14.7. The lowest BCUT2D eigenvalue weighted by Gasteiger charge is -2.17. The SMILES string of the molecule is c1ccc2c(c1)ccc1c(CNC3CCCCCC3)cccc12. The molecule has 0 amide bonds. The van der Waals surface area contributed by atoms with Crippen LogP contribution in [0.1, 0.15) is 44.1 Å². The predicted molar refractivity (Wildman–Crippen MR) is 99.8 cm³/mol. The highest BCUT2D eigenvalue weighted by atomic mass is 14.9. The van der Waals surface area contributed by atoms with Gasteiger partial charge in [0.2, 0.25) is 0 Å². The van der Waals surface area contributed by atoms with E-state index in [1.807, 2.05) is 0 Å². The maximum atomic E-state index is 3.82. The summed E-state index contributed by atoms with van der Waals surface area (Å²) in [4.78, 5) is 0. The van der Waals surface area contributed by atoms with Crippen LogP contribution in [0.2, 0.25) is 0 Å². The molecule has 1 saturated carbocycles. The molecule has 1 nitrogen and oxygen atoms in total. The Balaban J connectivity index is 1.63. The fraction of sp³-hybridized carbons (Fsp3) is 0.364. The van der Waals surface area contributed by atoms with Crippen LogP contribution < -0.4 is 5.32 Å². The lowest BCUT2D eigenvalue weighted by molar-refractivity contribution is 0.460. The maximum Gasteiger partial charge on any atom is 0.0214 e. The van der Waals surface area contributed by atoms with Crippen LogP contribution in [0, 0.1) is 0 Å². The van der Waals surface area contributed by atoms with Gasteiger partial charge in [-0.2, -0.15) is 0 Å². The van der Waals surface area contributed by atoms with Crippen molar-refractivity contribution in [3.63, 3.8) is 0 Å². The minimum absolute atomic E-state index is 0.702. The molecule has 0 radical (unpaired) electrons. The van der Waals surface area contributed by atoms with Crippen LogP contribution in [-0.2, 0) is 6.54 Å². The number of nitrogens with one attached hydrogen (secondary N) is 1. The van der Waals surface area contributed by atoms with E-state index >= 15 is 0 Å². The summed E-state index contributed by atoms with van der Waals surface area (Å²) in [6.07, 6.45) is 8.29. The summed E-state index contributed by atoms with van der Waals surface area (Å²) in [5.41, 5.74) is 1.43. The van der Waals surface area contributed by atoms with Crippen LogP contribution in [0.5, 0.6) is 0 Å².